The van der Waals surface area contributed by atoms with Gasteiger partial charge in [0.1, 0.15) is 0 Å². The molecule has 0 aliphatic rings. The second-order valence-corrected chi connectivity index (χ2v) is 5.38. The number of aromatic nitrogens is 1. The van der Waals surface area contributed by atoms with Gasteiger partial charge in [0.05, 0.1) is 16.0 Å². The zero-order valence-corrected chi connectivity index (χ0v) is 9.44. The van der Waals surface area contributed by atoms with Gasteiger partial charge in [0.25, 0.3) is 0 Å². The molecule has 0 spiro atoms. The average molecular weight is 225 g/mol. The Morgan fingerprint density at radius 2 is 2.43 bits per heavy atom. The Kier molecular flexibility index (Phi) is 2.96. The summed E-state index contributed by atoms with van der Waals surface area (Å²) in [7, 11) is 0. The van der Waals surface area contributed by atoms with Crippen LogP contribution in [0.5, 0.6) is 0 Å². The van der Waals surface area contributed by atoms with Gasteiger partial charge < -0.3 is 5.11 Å². The molecule has 2 rings (SSSR count). The van der Waals surface area contributed by atoms with Crippen LogP contribution in [0.2, 0.25) is 0 Å². The number of hydrogen-bond donors (Lipinski definition) is 1. The molecule has 0 fully saturated rings. The summed E-state index contributed by atoms with van der Waals surface area (Å²) in [6.45, 7) is 1.95. The molecule has 0 aliphatic heterocycles. The van der Waals surface area contributed by atoms with Gasteiger partial charge in [0.15, 0.2) is 0 Å². The Hall–Kier alpha value is -0.710. The molecule has 0 radical (unpaired) electrons. The van der Waals surface area contributed by atoms with Crippen molar-refractivity contribution in [2.45, 2.75) is 19.4 Å². The molecular weight excluding hydrogens is 214 g/mol. The first kappa shape index (κ1) is 9.83. The lowest BCUT2D eigenvalue weighted by Crippen LogP contribution is -1.97. The normalized spacial score (nSPS) is 13.0. The van der Waals surface area contributed by atoms with E-state index in [0.29, 0.717) is 6.42 Å². The number of thiophene rings is 1. The first-order valence-corrected chi connectivity index (χ1v) is 6.08. The lowest BCUT2D eigenvalue weighted by Gasteiger charge is -2.04. The van der Waals surface area contributed by atoms with Crippen LogP contribution in [0.1, 0.15) is 20.9 Å². The van der Waals surface area contributed by atoms with Gasteiger partial charge in [0.2, 0.25) is 0 Å². The Balaban J connectivity index is 2.06. The maximum absolute atomic E-state index is 9.88. The molecule has 1 atom stereocenters. The van der Waals surface area contributed by atoms with E-state index < -0.39 is 6.10 Å². The topological polar surface area (TPSA) is 33.1 Å². The van der Waals surface area contributed by atoms with E-state index in [4.69, 9.17) is 0 Å². The largest absolute Gasteiger partial charge is 0.387 e. The molecule has 0 aliphatic carbocycles. The molecular formula is C10H11NOS2. The average Bonchev–Trinajstić information content (AvgIpc) is 2.75. The van der Waals surface area contributed by atoms with Crippen molar-refractivity contribution in [3.8, 4) is 0 Å². The molecule has 2 heterocycles. The van der Waals surface area contributed by atoms with Crippen LogP contribution in [-0.2, 0) is 6.42 Å². The molecule has 74 valence electrons. The maximum Gasteiger partial charge on any atom is 0.0946 e. The van der Waals surface area contributed by atoms with E-state index in [1.54, 1.807) is 28.9 Å². The predicted molar refractivity (Wildman–Crippen MR) is 59.8 cm³/mol. The smallest absolute Gasteiger partial charge is 0.0946 e. The van der Waals surface area contributed by atoms with Gasteiger partial charge in [-0.1, -0.05) is 6.07 Å². The molecule has 0 amide bonds. The number of nitrogens with zero attached hydrogens (tertiary/aromatic N) is 1. The van der Waals surface area contributed by atoms with Crippen LogP contribution < -0.4 is 0 Å². The van der Waals surface area contributed by atoms with E-state index in [1.807, 2.05) is 24.4 Å². The lowest BCUT2D eigenvalue weighted by atomic mass is 10.2. The van der Waals surface area contributed by atoms with Crippen molar-refractivity contribution in [2.24, 2.45) is 0 Å². The Morgan fingerprint density at radius 3 is 3.00 bits per heavy atom. The third kappa shape index (κ3) is 2.20. The fraction of sp³-hybridized carbons (Fsp3) is 0.300. The number of aliphatic hydroxyl groups is 1. The second-order valence-electron chi connectivity index (χ2n) is 3.08. The second kappa shape index (κ2) is 4.21. The van der Waals surface area contributed by atoms with Gasteiger partial charge in [-0.15, -0.1) is 22.7 Å². The predicted octanol–water partition coefficient (Wildman–Crippen LogP) is 2.79. The summed E-state index contributed by atoms with van der Waals surface area (Å²) in [4.78, 5) is 6.30. The number of aryl methyl sites for hydroxylation is 1. The molecule has 0 saturated carbocycles. The number of rotatable bonds is 3. The highest BCUT2D eigenvalue weighted by Gasteiger charge is 2.11. The maximum atomic E-state index is 9.88. The number of hydrogen-bond acceptors (Lipinski definition) is 4. The standard InChI is InChI=1S/C10H11NOS2/c1-7-11-6-10(14-7)9(12)5-8-3-2-4-13-8/h2-4,6,9,12H,5H2,1H3. The highest BCUT2D eigenvalue weighted by molar-refractivity contribution is 7.11. The summed E-state index contributed by atoms with van der Waals surface area (Å²) >= 11 is 3.24. The van der Waals surface area contributed by atoms with Crippen LogP contribution in [0, 0.1) is 6.92 Å². The Labute approximate surface area is 90.9 Å². The molecule has 2 aromatic heterocycles. The first-order valence-electron chi connectivity index (χ1n) is 4.38. The fourth-order valence-electron chi connectivity index (χ4n) is 1.25. The SMILES string of the molecule is Cc1ncc(C(O)Cc2cccs2)s1. The minimum Gasteiger partial charge on any atom is -0.387 e. The number of aliphatic hydroxyl groups excluding tert-OH is 1. The molecule has 1 unspecified atom stereocenters. The molecule has 0 bridgehead atoms. The monoisotopic (exact) mass is 225 g/mol. The van der Waals surface area contributed by atoms with Crippen molar-refractivity contribution in [1.29, 1.82) is 0 Å². The fourth-order valence-corrected chi connectivity index (χ4v) is 2.77. The minimum atomic E-state index is -0.403. The van der Waals surface area contributed by atoms with E-state index >= 15 is 0 Å². The minimum absolute atomic E-state index is 0.403. The highest BCUT2D eigenvalue weighted by atomic mass is 32.1. The molecule has 2 nitrogen and oxygen atoms in total. The molecule has 14 heavy (non-hydrogen) atoms. The van der Waals surface area contributed by atoms with Gasteiger partial charge in [0, 0.05) is 17.5 Å². The summed E-state index contributed by atoms with van der Waals surface area (Å²) in [6, 6.07) is 4.05. The van der Waals surface area contributed by atoms with Crippen LogP contribution >= 0.6 is 22.7 Å². The third-order valence-corrected chi connectivity index (χ3v) is 3.85. The molecule has 0 aromatic carbocycles. The van der Waals surface area contributed by atoms with Crippen molar-refractivity contribution in [3.63, 3.8) is 0 Å². The summed E-state index contributed by atoms with van der Waals surface area (Å²) in [5, 5.41) is 12.9. The van der Waals surface area contributed by atoms with Gasteiger partial charge in [-0.2, -0.15) is 0 Å². The van der Waals surface area contributed by atoms with E-state index in [1.165, 1.54) is 4.88 Å². The van der Waals surface area contributed by atoms with Crippen molar-refractivity contribution < 1.29 is 5.11 Å². The summed E-state index contributed by atoms with van der Waals surface area (Å²) in [5.74, 6) is 0. The number of thiazole rings is 1. The van der Waals surface area contributed by atoms with E-state index in [0.717, 1.165) is 9.88 Å². The van der Waals surface area contributed by atoms with Gasteiger partial charge >= 0.3 is 0 Å². The quantitative estimate of drug-likeness (QED) is 0.871. The highest BCUT2D eigenvalue weighted by Crippen LogP contribution is 2.25. The van der Waals surface area contributed by atoms with E-state index in [-0.39, 0.29) is 0 Å². The molecule has 0 saturated heterocycles. The van der Waals surface area contributed by atoms with Crippen molar-refractivity contribution in [2.75, 3.05) is 0 Å². The zero-order chi connectivity index (χ0) is 9.97. The van der Waals surface area contributed by atoms with Gasteiger partial charge in [-0.05, 0) is 18.4 Å². The van der Waals surface area contributed by atoms with Crippen LogP contribution in [0.3, 0.4) is 0 Å². The molecule has 4 heteroatoms. The zero-order valence-electron chi connectivity index (χ0n) is 7.80. The molecule has 2 aromatic rings. The van der Waals surface area contributed by atoms with Crippen molar-refractivity contribution in [3.05, 3.63) is 38.5 Å². The lowest BCUT2D eigenvalue weighted by molar-refractivity contribution is 0.183. The summed E-state index contributed by atoms with van der Waals surface area (Å²) in [5.41, 5.74) is 0. The van der Waals surface area contributed by atoms with Crippen LogP contribution in [0.15, 0.2) is 23.7 Å². The van der Waals surface area contributed by atoms with E-state index in [2.05, 4.69) is 4.98 Å². The Bertz CT molecular complexity index is 394. The van der Waals surface area contributed by atoms with Crippen molar-refractivity contribution in [1.82, 2.24) is 4.98 Å². The van der Waals surface area contributed by atoms with Crippen molar-refractivity contribution >= 4 is 22.7 Å². The van der Waals surface area contributed by atoms with Crippen LogP contribution in [0.25, 0.3) is 0 Å². The summed E-state index contributed by atoms with van der Waals surface area (Å²) < 4.78 is 0. The van der Waals surface area contributed by atoms with E-state index in [9.17, 15) is 5.11 Å². The first-order chi connectivity index (χ1) is 6.75. The molecule has 1 N–H and O–H groups in total. The van der Waals surface area contributed by atoms with Gasteiger partial charge in [-0.25, -0.2) is 4.98 Å². The van der Waals surface area contributed by atoms with Gasteiger partial charge in [-0.3, -0.25) is 0 Å². The third-order valence-electron chi connectivity index (χ3n) is 1.94. The Morgan fingerprint density at radius 1 is 1.57 bits per heavy atom. The van der Waals surface area contributed by atoms with Crippen LogP contribution in [0.4, 0.5) is 0 Å². The summed E-state index contributed by atoms with van der Waals surface area (Å²) in [6.07, 6.45) is 2.05. The van der Waals surface area contributed by atoms with Crippen LogP contribution in [-0.4, -0.2) is 10.1 Å².